The number of fused-ring (bicyclic) bond motifs is 7. The Morgan fingerprint density at radius 2 is 1.64 bits per heavy atom. The number of aliphatic hydroxyl groups is 4. The van der Waals surface area contributed by atoms with Crippen molar-refractivity contribution in [3.05, 3.63) is 88.0 Å². The highest BCUT2D eigenvalue weighted by atomic mass is 16.7. The molecule has 0 radical (unpaired) electrons. The van der Waals surface area contributed by atoms with Gasteiger partial charge in [0, 0.05) is 40.5 Å². The van der Waals surface area contributed by atoms with Crippen molar-refractivity contribution in [2.24, 2.45) is 5.73 Å². The van der Waals surface area contributed by atoms with Gasteiger partial charge < -0.3 is 49.6 Å². The number of rotatable bonds is 5. The molecule has 4 aliphatic heterocycles. The minimum atomic E-state index is -1.75. The minimum absolute atomic E-state index is 0.0408. The zero-order valence-corrected chi connectivity index (χ0v) is 30.4. The number of aliphatic hydroxyl groups excluding tert-OH is 4. The van der Waals surface area contributed by atoms with Gasteiger partial charge in [-0.25, -0.2) is 0 Å². The maximum absolute atomic E-state index is 14.4. The molecule has 2 bridgehead atoms. The molecular formula is C40H45N5O11. The van der Waals surface area contributed by atoms with Gasteiger partial charge in [0.25, 0.3) is 0 Å². The quantitative estimate of drug-likeness (QED) is 0.132. The fourth-order valence-corrected chi connectivity index (χ4v) is 9.49. The molecule has 9 rings (SSSR count). The van der Waals surface area contributed by atoms with E-state index in [0.717, 1.165) is 24.1 Å². The van der Waals surface area contributed by atoms with Gasteiger partial charge in [0.1, 0.15) is 49.5 Å². The Morgan fingerprint density at radius 3 is 2.41 bits per heavy atom. The van der Waals surface area contributed by atoms with Crippen LogP contribution in [-0.2, 0) is 14.3 Å². The summed E-state index contributed by atoms with van der Waals surface area (Å²) < 4.78 is 26.0. The molecule has 6 aliphatic rings. The number of carbonyl (C=O) groups excluding carboxylic acids is 3. The lowest BCUT2D eigenvalue weighted by atomic mass is 9.79. The van der Waals surface area contributed by atoms with Crippen LogP contribution in [0.4, 0.5) is 5.69 Å². The van der Waals surface area contributed by atoms with Crippen LogP contribution in [0.1, 0.15) is 81.0 Å². The summed E-state index contributed by atoms with van der Waals surface area (Å²) in [5, 5.41) is 53.3. The molecule has 4 heterocycles. The van der Waals surface area contributed by atoms with Gasteiger partial charge in [-0.3, -0.25) is 30.8 Å². The monoisotopic (exact) mass is 771 g/mol. The Hall–Kier alpha value is -4.49. The van der Waals surface area contributed by atoms with Gasteiger partial charge >= 0.3 is 0 Å². The van der Waals surface area contributed by atoms with Gasteiger partial charge in [-0.15, -0.1) is 0 Å². The number of benzene rings is 3. The summed E-state index contributed by atoms with van der Waals surface area (Å²) in [7, 11) is 0. The van der Waals surface area contributed by atoms with Gasteiger partial charge in [-0.2, -0.15) is 0 Å². The Bertz CT molecular complexity index is 2060. The van der Waals surface area contributed by atoms with Crippen LogP contribution >= 0.6 is 0 Å². The largest absolute Gasteiger partial charge is 0.486 e. The third kappa shape index (κ3) is 5.90. The number of ketones is 2. The third-order valence-electron chi connectivity index (χ3n) is 12.1. The lowest BCUT2D eigenvalue weighted by Gasteiger charge is -2.47. The van der Waals surface area contributed by atoms with Gasteiger partial charge in [-0.05, 0) is 37.0 Å². The number of carbonyl (C=O) groups is 3. The molecule has 1 amide bonds. The number of nitrogens with two attached hydrogens (primary N) is 1. The van der Waals surface area contributed by atoms with Crippen LogP contribution in [0.5, 0.6) is 11.5 Å². The summed E-state index contributed by atoms with van der Waals surface area (Å²) in [4.78, 5) is 43.7. The SMILES string of the molecule is N[C@@H]1NC(=O)[C@@H]2NCN(c3ccccc3[C@H]3CCOC4(CCCC4)[C@@H]4O[C@H](Oc5c3cc3c(c5OCCO)C(=O)c5ccccc5C3=O)[C@@H](O)[C@H](O)[C@H]4O)[C@@H]2N1. The summed E-state index contributed by atoms with van der Waals surface area (Å²) in [6.07, 6.45) is -6.03. The first-order valence-corrected chi connectivity index (χ1v) is 19.2. The predicted molar refractivity (Wildman–Crippen MR) is 197 cm³/mol. The molecule has 9 atom stereocenters. The average Bonchev–Trinajstić information content (AvgIpc) is 3.86. The molecular weight excluding hydrogens is 726 g/mol. The van der Waals surface area contributed by atoms with E-state index < -0.39 is 78.9 Å². The lowest BCUT2D eigenvalue weighted by molar-refractivity contribution is -0.309. The zero-order valence-electron chi connectivity index (χ0n) is 30.4. The average molecular weight is 772 g/mol. The van der Waals surface area contributed by atoms with E-state index in [4.69, 9.17) is 24.7 Å². The van der Waals surface area contributed by atoms with Crippen molar-refractivity contribution < 1.29 is 53.8 Å². The van der Waals surface area contributed by atoms with Crippen LogP contribution in [0.15, 0.2) is 54.6 Å². The number of nitrogens with one attached hydrogen (secondary N) is 3. The molecule has 3 aromatic carbocycles. The van der Waals surface area contributed by atoms with Gasteiger partial charge in [0.2, 0.25) is 12.2 Å². The Balaban J connectivity index is 1.27. The summed E-state index contributed by atoms with van der Waals surface area (Å²) in [5.74, 6) is -2.00. The van der Waals surface area contributed by atoms with Gasteiger partial charge in [-0.1, -0.05) is 55.3 Å². The van der Waals surface area contributed by atoms with E-state index in [9.17, 15) is 34.8 Å². The van der Waals surface area contributed by atoms with E-state index in [1.54, 1.807) is 30.3 Å². The van der Waals surface area contributed by atoms with Gasteiger partial charge in [0.05, 0.1) is 24.4 Å². The molecule has 56 heavy (non-hydrogen) atoms. The maximum Gasteiger partial charge on any atom is 0.242 e. The smallest absolute Gasteiger partial charge is 0.242 e. The second kappa shape index (κ2) is 14.5. The molecule has 16 nitrogen and oxygen atoms in total. The molecule has 0 aromatic heterocycles. The first-order chi connectivity index (χ1) is 27.1. The van der Waals surface area contributed by atoms with Crippen molar-refractivity contribution in [2.45, 2.75) is 92.8 Å². The summed E-state index contributed by atoms with van der Waals surface area (Å²) in [5.41, 5.74) is 7.39. The number of nitrogens with zero attached hydrogens (tertiary/aromatic N) is 1. The van der Waals surface area contributed by atoms with Crippen LogP contribution in [0.2, 0.25) is 0 Å². The highest BCUT2D eigenvalue weighted by Gasteiger charge is 2.56. The molecule has 3 saturated heterocycles. The molecule has 3 aromatic rings. The van der Waals surface area contributed by atoms with Gasteiger partial charge in [0.15, 0.2) is 23.1 Å². The molecule has 9 N–H and O–H groups in total. The molecule has 1 spiro atoms. The Kier molecular flexibility index (Phi) is 9.59. The van der Waals surface area contributed by atoms with Crippen molar-refractivity contribution in [3.63, 3.8) is 0 Å². The molecule has 0 unspecified atom stereocenters. The van der Waals surface area contributed by atoms with E-state index in [0.29, 0.717) is 18.4 Å². The van der Waals surface area contributed by atoms with Crippen LogP contribution in [0.3, 0.4) is 0 Å². The number of ether oxygens (including phenoxy) is 4. The fraction of sp³-hybridized carbons (Fsp3) is 0.475. The van der Waals surface area contributed by atoms with E-state index in [1.165, 1.54) is 0 Å². The third-order valence-corrected chi connectivity index (χ3v) is 12.1. The fourth-order valence-electron chi connectivity index (χ4n) is 9.49. The van der Waals surface area contributed by atoms with Crippen molar-refractivity contribution in [1.82, 2.24) is 16.0 Å². The van der Waals surface area contributed by atoms with Crippen LogP contribution in [-0.4, -0.2) is 119 Å². The Labute approximate surface area is 321 Å². The topological polar surface area (TPSA) is 234 Å². The zero-order chi connectivity index (χ0) is 38.9. The maximum atomic E-state index is 14.4. The number of amides is 1. The van der Waals surface area contributed by atoms with Crippen molar-refractivity contribution in [1.29, 1.82) is 0 Å². The highest BCUT2D eigenvalue weighted by Crippen LogP contribution is 2.51. The Morgan fingerprint density at radius 1 is 0.911 bits per heavy atom. The van der Waals surface area contributed by atoms with Crippen molar-refractivity contribution in [3.8, 4) is 11.5 Å². The number of anilines is 1. The summed E-state index contributed by atoms with van der Waals surface area (Å²) in [6, 6.07) is 15.1. The first kappa shape index (κ1) is 37.1. The van der Waals surface area contributed by atoms with E-state index in [2.05, 4.69) is 16.0 Å². The van der Waals surface area contributed by atoms with E-state index in [1.807, 2.05) is 29.2 Å². The van der Waals surface area contributed by atoms with Crippen LogP contribution < -0.4 is 36.1 Å². The predicted octanol–water partition coefficient (Wildman–Crippen LogP) is -0.0920. The number of para-hydroxylation sites is 1. The lowest BCUT2D eigenvalue weighted by Crippen LogP contribution is -2.70. The molecule has 1 saturated carbocycles. The first-order valence-electron chi connectivity index (χ1n) is 19.2. The number of hydrogen-bond acceptors (Lipinski definition) is 15. The second-order valence-electron chi connectivity index (χ2n) is 15.3. The molecule has 16 heteroatoms. The summed E-state index contributed by atoms with van der Waals surface area (Å²) in [6.45, 7) is -0.308. The van der Waals surface area contributed by atoms with E-state index >= 15 is 0 Å². The van der Waals surface area contributed by atoms with E-state index in [-0.39, 0.29) is 66.0 Å². The van der Waals surface area contributed by atoms with Crippen LogP contribution in [0, 0.1) is 0 Å². The highest BCUT2D eigenvalue weighted by molar-refractivity contribution is 6.29. The van der Waals surface area contributed by atoms with Crippen LogP contribution in [0.25, 0.3) is 0 Å². The van der Waals surface area contributed by atoms with Crippen molar-refractivity contribution in [2.75, 3.05) is 31.4 Å². The molecule has 2 aliphatic carbocycles. The molecule has 296 valence electrons. The standard InChI is InChI=1S/C40H45N5O11/c41-39-43-36-27(37(52)44-39)42-18-45(36)25-10-4-3-7-20(25)19-11-15-54-40(12-5-6-13-40)35-31(50)30(49)32(51)38(56-35)55-33-23(19)17-24-26(34(33)53-16-14-46)29(48)22-9-2-1-8-21(22)28(24)47/h1-4,7-10,17,19,27,30-32,35-36,38-39,42-43,46,49-51H,5-6,11-16,18,41H2,(H,44,52)/t19-,27-,30-,31-,32+,35-,36+,38+,39+/m1/s1. The molecule has 4 fully saturated rings. The second-order valence-corrected chi connectivity index (χ2v) is 15.3. The minimum Gasteiger partial charge on any atom is -0.486 e. The normalized spacial score (nSPS) is 32.1. The summed E-state index contributed by atoms with van der Waals surface area (Å²) >= 11 is 0. The van der Waals surface area contributed by atoms with Crippen molar-refractivity contribution >= 4 is 23.2 Å². The number of hydrogen-bond donors (Lipinski definition) is 8.